The second-order valence-electron chi connectivity index (χ2n) is 6.29. The molecule has 1 fully saturated rings. The zero-order valence-corrected chi connectivity index (χ0v) is 13.6. The summed E-state index contributed by atoms with van der Waals surface area (Å²) in [5, 5.41) is 0. The Morgan fingerprint density at radius 2 is 2.05 bits per heavy atom. The number of methoxy groups -OCH3 is 1. The first-order valence-corrected chi connectivity index (χ1v) is 7.85. The molecule has 21 heavy (non-hydrogen) atoms. The third-order valence-electron chi connectivity index (χ3n) is 4.43. The SMILES string of the molecule is COc1cc(CN(C)CC2CCN(C)CC2)ccc1CN. The molecular weight excluding hydrogens is 262 g/mol. The predicted molar refractivity (Wildman–Crippen MR) is 87.4 cm³/mol. The highest BCUT2D eigenvalue weighted by molar-refractivity contribution is 5.37. The van der Waals surface area contributed by atoms with Crippen molar-refractivity contribution in [3.8, 4) is 5.75 Å². The molecule has 0 aromatic heterocycles. The topological polar surface area (TPSA) is 41.7 Å². The number of nitrogens with zero attached hydrogens (tertiary/aromatic N) is 2. The Labute approximate surface area is 128 Å². The minimum Gasteiger partial charge on any atom is -0.496 e. The fraction of sp³-hybridized carbons (Fsp3) is 0.647. The van der Waals surface area contributed by atoms with Crippen LogP contribution in [0.3, 0.4) is 0 Å². The summed E-state index contributed by atoms with van der Waals surface area (Å²) < 4.78 is 5.42. The zero-order chi connectivity index (χ0) is 15.2. The van der Waals surface area contributed by atoms with Crippen molar-refractivity contribution in [3.63, 3.8) is 0 Å². The van der Waals surface area contributed by atoms with Gasteiger partial charge in [-0.25, -0.2) is 0 Å². The zero-order valence-electron chi connectivity index (χ0n) is 13.6. The van der Waals surface area contributed by atoms with Crippen LogP contribution in [0, 0.1) is 5.92 Å². The van der Waals surface area contributed by atoms with Gasteiger partial charge in [-0.3, -0.25) is 0 Å². The number of benzene rings is 1. The van der Waals surface area contributed by atoms with Gasteiger partial charge in [-0.2, -0.15) is 0 Å². The van der Waals surface area contributed by atoms with E-state index < -0.39 is 0 Å². The van der Waals surface area contributed by atoms with Gasteiger partial charge < -0.3 is 20.3 Å². The second-order valence-corrected chi connectivity index (χ2v) is 6.29. The quantitative estimate of drug-likeness (QED) is 0.869. The molecule has 1 aromatic carbocycles. The minimum atomic E-state index is 0.523. The molecule has 1 saturated heterocycles. The van der Waals surface area contributed by atoms with Gasteiger partial charge in [-0.1, -0.05) is 12.1 Å². The maximum atomic E-state index is 5.72. The van der Waals surface area contributed by atoms with Crippen LogP contribution in [0.15, 0.2) is 18.2 Å². The van der Waals surface area contributed by atoms with Gasteiger partial charge in [0.2, 0.25) is 0 Å². The standard InChI is InChI=1S/C17H29N3O/c1-19-8-6-14(7-9-19)12-20(2)13-15-4-5-16(11-18)17(10-15)21-3/h4-5,10,14H,6-9,11-13,18H2,1-3H3. The summed E-state index contributed by atoms with van der Waals surface area (Å²) in [5.41, 5.74) is 8.08. The van der Waals surface area contributed by atoms with E-state index in [-0.39, 0.29) is 0 Å². The van der Waals surface area contributed by atoms with Crippen LogP contribution in [0.2, 0.25) is 0 Å². The highest BCUT2D eigenvalue weighted by Crippen LogP contribution is 2.22. The van der Waals surface area contributed by atoms with E-state index in [0.717, 1.165) is 23.8 Å². The highest BCUT2D eigenvalue weighted by atomic mass is 16.5. The number of nitrogens with two attached hydrogens (primary N) is 1. The number of hydrogen-bond acceptors (Lipinski definition) is 4. The Morgan fingerprint density at radius 1 is 1.33 bits per heavy atom. The first-order chi connectivity index (χ1) is 10.1. The van der Waals surface area contributed by atoms with Crippen molar-refractivity contribution in [2.45, 2.75) is 25.9 Å². The molecule has 0 saturated carbocycles. The van der Waals surface area contributed by atoms with E-state index in [4.69, 9.17) is 10.5 Å². The molecule has 118 valence electrons. The van der Waals surface area contributed by atoms with Gasteiger partial charge in [-0.05, 0) is 57.6 Å². The Kier molecular flexibility index (Phi) is 6.03. The molecule has 4 nitrogen and oxygen atoms in total. The van der Waals surface area contributed by atoms with E-state index >= 15 is 0 Å². The molecule has 0 amide bonds. The lowest BCUT2D eigenvalue weighted by Gasteiger charge is -2.31. The van der Waals surface area contributed by atoms with Crippen LogP contribution in [0.4, 0.5) is 0 Å². The van der Waals surface area contributed by atoms with Crippen molar-refractivity contribution < 1.29 is 4.74 Å². The summed E-state index contributed by atoms with van der Waals surface area (Å²) in [6.45, 7) is 5.13. The van der Waals surface area contributed by atoms with Crippen LogP contribution in [0.25, 0.3) is 0 Å². The van der Waals surface area contributed by atoms with Crippen LogP contribution < -0.4 is 10.5 Å². The van der Waals surface area contributed by atoms with Crippen molar-refractivity contribution in [2.75, 3.05) is 40.8 Å². The number of likely N-dealkylation sites (tertiary alicyclic amines) is 1. The fourth-order valence-corrected chi connectivity index (χ4v) is 3.12. The van der Waals surface area contributed by atoms with Gasteiger partial charge in [0, 0.05) is 25.2 Å². The highest BCUT2D eigenvalue weighted by Gasteiger charge is 2.18. The van der Waals surface area contributed by atoms with Gasteiger partial charge in [0.05, 0.1) is 7.11 Å². The van der Waals surface area contributed by atoms with Gasteiger partial charge in [-0.15, -0.1) is 0 Å². The number of rotatable bonds is 6. The van der Waals surface area contributed by atoms with Crippen molar-refractivity contribution in [2.24, 2.45) is 11.7 Å². The molecule has 1 aliphatic rings. The number of ether oxygens (including phenoxy) is 1. The van der Waals surface area contributed by atoms with E-state index in [1.807, 2.05) is 0 Å². The largest absolute Gasteiger partial charge is 0.496 e. The molecule has 2 rings (SSSR count). The lowest BCUT2D eigenvalue weighted by atomic mass is 9.96. The molecule has 1 heterocycles. The van der Waals surface area contributed by atoms with E-state index in [9.17, 15) is 0 Å². The number of piperidine rings is 1. The third-order valence-corrected chi connectivity index (χ3v) is 4.43. The molecule has 0 bridgehead atoms. The summed E-state index contributed by atoms with van der Waals surface area (Å²) in [5.74, 6) is 1.74. The molecule has 4 heteroatoms. The first-order valence-electron chi connectivity index (χ1n) is 7.85. The Hall–Kier alpha value is -1.10. The molecule has 0 spiro atoms. The molecular formula is C17H29N3O. The summed E-state index contributed by atoms with van der Waals surface area (Å²) in [6.07, 6.45) is 2.63. The van der Waals surface area contributed by atoms with E-state index in [0.29, 0.717) is 6.54 Å². The van der Waals surface area contributed by atoms with Crippen LogP contribution in [-0.2, 0) is 13.1 Å². The second kappa shape index (κ2) is 7.78. The van der Waals surface area contributed by atoms with Gasteiger partial charge in [0.25, 0.3) is 0 Å². The molecule has 1 aliphatic heterocycles. The lowest BCUT2D eigenvalue weighted by molar-refractivity contribution is 0.173. The third kappa shape index (κ3) is 4.70. The van der Waals surface area contributed by atoms with E-state index in [2.05, 4.69) is 42.1 Å². The Balaban J connectivity index is 1.88. The van der Waals surface area contributed by atoms with Gasteiger partial charge in [0.15, 0.2) is 0 Å². The normalized spacial score (nSPS) is 17.4. The molecule has 0 aliphatic carbocycles. The molecule has 2 N–H and O–H groups in total. The first kappa shape index (κ1) is 16.3. The fourth-order valence-electron chi connectivity index (χ4n) is 3.12. The number of hydrogen-bond donors (Lipinski definition) is 1. The average molecular weight is 291 g/mol. The maximum absolute atomic E-state index is 5.72. The molecule has 0 unspecified atom stereocenters. The molecule has 1 aromatic rings. The maximum Gasteiger partial charge on any atom is 0.123 e. The van der Waals surface area contributed by atoms with Crippen molar-refractivity contribution >= 4 is 0 Å². The predicted octanol–water partition coefficient (Wildman–Crippen LogP) is 1.93. The molecule has 0 radical (unpaired) electrons. The van der Waals surface area contributed by atoms with Crippen molar-refractivity contribution in [1.82, 2.24) is 9.80 Å². The minimum absolute atomic E-state index is 0.523. The molecule has 0 atom stereocenters. The summed E-state index contributed by atoms with van der Waals surface area (Å²) >= 11 is 0. The van der Waals surface area contributed by atoms with E-state index in [1.54, 1.807) is 7.11 Å². The smallest absolute Gasteiger partial charge is 0.123 e. The summed E-state index contributed by atoms with van der Waals surface area (Å²) in [6, 6.07) is 6.36. The van der Waals surface area contributed by atoms with Gasteiger partial charge >= 0.3 is 0 Å². The van der Waals surface area contributed by atoms with Crippen LogP contribution in [-0.4, -0.2) is 50.6 Å². The van der Waals surface area contributed by atoms with Crippen molar-refractivity contribution in [1.29, 1.82) is 0 Å². The summed E-state index contributed by atoms with van der Waals surface area (Å²) in [7, 11) is 6.13. The Morgan fingerprint density at radius 3 is 2.67 bits per heavy atom. The van der Waals surface area contributed by atoms with E-state index in [1.165, 1.54) is 38.0 Å². The van der Waals surface area contributed by atoms with Crippen molar-refractivity contribution in [3.05, 3.63) is 29.3 Å². The summed E-state index contributed by atoms with van der Waals surface area (Å²) in [4.78, 5) is 4.85. The van der Waals surface area contributed by atoms with Gasteiger partial charge in [0.1, 0.15) is 5.75 Å². The van der Waals surface area contributed by atoms with Crippen LogP contribution in [0.5, 0.6) is 5.75 Å². The average Bonchev–Trinajstić information content (AvgIpc) is 2.49. The van der Waals surface area contributed by atoms with Crippen LogP contribution >= 0.6 is 0 Å². The lowest BCUT2D eigenvalue weighted by Crippen LogP contribution is -2.35. The Bertz CT molecular complexity index is 442. The monoisotopic (exact) mass is 291 g/mol. The van der Waals surface area contributed by atoms with Crippen LogP contribution in [0.1, 0.15) is 24.0 Å².